The average Bonchev–Trinajstić information content (AvgIpc) is 2.53. The van der Waals surface area contributed by atoms with Gasteiger partial charge in [-0.05, 0) is 6.92 Å². The molecule has 0 aliphatic carbocycles. The lowest BCUT2D eigenvalue weighted by Gasteiger charge is -2.33. The SMILES string of the molecule is COc1cc2c(cc1S(=O)(=O)N1CCNC[C@H]1C)OCC(=O)N2. The summed E-state index contributed by atoms with van der Waals surface area (Å²) in [4.78, 5) is 11.4. The Labute approximate surface area is 134 Å². The van der Waals surface area contributed by atoms with Gasteiger partial charge in [-0.25, -0.2) is 8.42 Å². The molecule has 1 aromatic carbocycles. The molecule has 0 spiro atoms. The molecular weight excluding hydrogens is 322 g/mol. The number of fused-ring (bicyclic) bond motifs is 1. The van der Waals surface area contributed by atoms with Gasteiger partial charge in [0.05, 0.1) is 12.8 Å². The van der Waals surface area contributed by atoms with Crippen molar-refractivity contribution >= 4 is 21.6 Å². The highest BCUT2D eigenvalue weighted by atomic mass is 32.2. The van der Waals surface area contributed by atoms with Gasteiger partial charge in [-0.15, -0.1) is 0 Å². The topological polar surface area (TPSA) is 97.0 Å². The summed E-state index contributed by atoms with van der Waals surface area (Å²) < 4.78 is 38.0. The van der Waals surface area contributed by atoms with Gasteiger partial charge in [-0.1, -0.05) is 0 Å². The van der Waals surface area contributed by atoms with Crippen molar-refractivity contribution in [3.05, 3.63) is 12.1 Å². The Bertz CT molecular complexity index is 734. The monoisotopic (exact) mass is 341 g/mol. The number of rotatable bonds is 3. The Morgan fingerprint density at radius 2 is 2.17 bits per heavy atom. The van der Waals surface area contributed by atoms with Crippen LogP contribution in [-0.2, 0) is 14.8 Å². The van der Waals surface area contributed by atoms with Crippen LogP contribution in [0.2, 0.25) is 0 Å². The van der Waals surface area contributed by atoms with Crippen molar-refractivity contribution in [3.63, 3.8) is 0 Å². The number of hydrogen-bond donors (Lipinski definition) is 2. The second kappa shape index (κ2) is 5.99. The molecule has 8 nitrogen and oxygen atoms in total. The first-order chi connectivity index (χ1) is 10.9. The van der Waals surface area contributed by atoms with Gasteiger partial charge < -0.3 is 20.1 Å². The van der Waals surface area contributed by atoms with Crippen LogP contribution in [-0.4, -0.2) is 58.0 Å². The summed E-state index contributed by atoms with van der Waals surface area (Å²) in [5.41, 5.74) is 0.408. The van der Waals surface area contributed by atoms with Crippen LogP contribution in [0, 0.1) is 0 Å². The normalized spacial score (nSPS) is 22.0. The average molecular weight is 341 g/mol. The fourth-order valence-electron chi connectivity index (χ4n) is 2.75. The van der Waals surface area contributed by atoms with Gasteiger partial charge in [0.15, 0.2) is 6.61 Å². The standard InChI is InChI=1S/C14H19N3O5S/c1-9-7-15-3-4-17(9)23(19,20)13-6-11-10(5-12(13)21-2)16-14(18)8-22-11/h5-6,9,15H,3-4,7-8H2,1-2H3,(H,16,18)/t9-/m1/s1. The van der Waals surface area contributed by atoms with Crippen molar-refractivity contribution < 1.29 is 22.7 Å². The summed E-state index contributed by atoms with van der Waals surface area (Å²) in [5, 5.41) is 5.80. The number of carbonyl (C=O) groups excluding carboxylic acids is 1. The van der Waals surface area contributed by atoms with E-state index in [1.165, 1.54) is 23.5 Å². The van der Waals surface area contributed by atoms with E-state index in [1.54, 1.807) is 0 Å². The number of ether oxygens (including phenoxy) is 2. The maximum absolute atomic E-state index is 13.0. The number of carbonyl (C=O) groups is 1. The van der Waals surface area contributed by atoms with E-state index < -0.39 is 10.0 Å². The van der Waals surface area contributed by atoms with E-state index in [0.717, 1.165) is 0 Å². The number of nitrogens with one attached hydrogen (secondary N) is 2. The minimum atomic E-state index is -3.73. The van der Waals surface area contributed by atoms with Crippen LogP contribution >= 0.6 is 0 Å². The highest BCUT2D eigenvalue weighted by Gasteiger charge is 2.34. The van der Waals surface area contributed by atoms with Crippen LogP contribution in [0.4, 0.5) is 5.69 Å². The van der Waals surface area contributed by atoms with Gasteiger partial charge in [0, 0.05) is 37.8 Å². The highest BCUT2D eigenvalue weighted by molar-refractivity contribution is 7.89. The summed E-state index contributed by atoms with van der Waals surface area (Å²) in [6.45, 7) is 3.30. The molecule has 0 unspecified atom stereocenters. The summed E-state index contributed by atoms with van der Waals surface area (Å²) in [5.74, 6) is 0.220. The molecule has 1 saturated heterocycles. The molecule has 1 fully saturated rings. The number of nitrogens with zero attached hydrogens (tertiary/aromatic N) is 1. The Hall–Kier alpha value is -1.84. The molecule has 0 saturated carbocycles. The zero-order chi connectivity index (χ0) is 16.6. The molecular formula is C14H19N3O5S. The van der Waals surface area contributed by atoms with E-state index in [2.05, 4.69) is 10.6 Å². The first kappa shape index (κ1) is 16.0. The molecule has 1 aromatic rings. The Morgan fingerprint density at radius 1 is 1.39 bits per heavy atom. The lowest BCUT2D eigenvalue weighted by Crippen LogP contribution is -2.52. The number of sulfonamides is 1. The summed E-state index contributed by atoms with van der Waals surface area (Å²) in [6.07, 6.45) is 0. The predicted molar refractivity (Wildman–Crippen MR) is 83.3 cm³/mol. The van der Waals surface area contributed by atoms with Crippen molar-refractivity contribution in [3.8, 4) is 11.5 Å². The van der Waals surface area contributed by atoms with Crippen molar-refractivity contribution in [2.24, 2.45) is 0 Å². The number of piperazine rings is 1. The van der Waals surface area contributed by atoms with Crippen molar-refractivity contribution in [2.45, 2.75) is 17.9 Å². The largest absolute Gasteiger partial charge is 0.495 e. The maximum atomic E-state index is 13.0. The molecule has 0 radical (unpaired) electrons. The van der Waals surface area contributed by atoms with Gasteiger partial charge >= 0.3 is 0 Å². The third-order valence-electron chi connectivity index (χ3n) is 3.93. The molecule has 2 aliphatic rings. The molecule has 1 atom stereocenters. The second-order valence-corrected chi connectivity index (χ2v) is 7.36. The van der Waals surface area contributed by atoms with Crippen LogP contribution in [0.5, 0.6) is 11.5 Å². The molecule has 1 amide bonds. The van der Waals surface area contributed by atoms with E-state index in [0.29, 0.717) is 31.1 Å². The van der Waals surface area contributed by atoms with Gasteiger partial charge in [0.2, 0.25) is 10.0 Å². The first-order valence-electron chi connectivity index (χ1n) is 7.30. The van der Waals surface area contributed by atoms with Gasteiger partial charge in [0.25, 0.3) is 5.91 Å². The Kier molecular flexibility index (Phi) is 4.17. The first-order valence-corrected chi connectivity index (χ1v) is 8.74. The van der Waals surface area contributed by atoms with Gasteiger partial charge in [-0.2, -0.15) is 4.31 Å². The van der Waals surface area contributed by atoms with E-state index in [9.17, 15) is 13.2 Å². The fraction of sp³-hybridized carbons (Fsp3) is 0.500. The minimum Gasteiger partial charge on any atom is -0.495 e. The van der Waals surface area contributed by atoms with E-state index >= 15 is 0 Å². The van der Waals surface area contributed by atoms with Gasteiger partial charge in [0.1, 0.15) is 16.4 Å². The molecule has 9 heteroatoms. The highest BCUT2D eigenvalue weighted by Crippen LogP contribution is 2.38. The summed E-state index contributed by atoms with van der Waals surface area (Å²) in [6, 6.07) is 2.74. The van der Waals surface area contributed by atoms with E-state index in [1.807, 2.05) is 6.92 Å². The zero-order valence-electron chi connectivity index (χ0n) is 13.0. The molecule has 126 valence electrons. The van der Waals surface area contributed by atoms with Crippen LogP contribution in [0.1, 0.15) is 6.92 Å². The molecule has 3 rings (SSSR count). The predicted octanol–water partition coefficient (Wildman–Crippen LogP) is 0.00850. The van der Waals surface area contributed by atoms with Crippen LogP contribution in [0.25, 0.3) is 0 Å². The number of anilines is 1. The van der Waals surface area contributed by atoms with E-state index in [4.69, 9.17) is 9.47 Å². The minimum absolute atomic E-state index is 0.0450. The van der Waals surface area contributed by atoms with Crippen molar-refractivity contribution in [1.29, 1.82) is 0 Å². The van der Waals surface area contributed by atoms with E-state index in [-0.39, 0.29) is 29.2 Å². The number of amides is 1. The second-order valence-electron chi connectivity index (χ2n) is 5.50. The maximum Gasteiger partial charge on any atom is 0.262 e. The lowest BCUT2D eigenvalue weighted by atomic mass is 10.2. The third-order valence-corrected chi connectivity index (χ3v) is 5.96. The molecule has 2 N–H and O–H groups in total. The van der Waals surface area contributed by atoms with Crippen LogP contribution < -0.4 is 20.1 Å². The molecule has 23 heavy (non-hydrogen) atoms. The Morgan fingerprint density at radius 3 is 2.87 bits per heavy atom. The smallest absolute Gasteiger partial charge is 0.262 e. The number of hydrogen-bond acceptors (Lipinski definition) is 6. The summed E-state index contributed by atoms with van der Waals surface area (Å²) >= 11 is 0. The molecule has 2 aliphatic heterocycles. The van der Waals surface area contributed by atoms with Gasteiger partial charge in [-0.3, -0.25) is 4.79 Å². The van der Waals surface area contributed by atoms with Crippen molar-refractivity contribution in [2.75, 3.05) is 38.7 Å². The fourth-order valence-corrected chi connectivity index (χ4v) is 4.54. The van der Waals surface area contributed by atoms with Crippen LogP contribution in [0.3, 0.4) is 0 Å². The number of methoxy groups -OCH3 is 1. The molecule has 0 bridgehead atoms. The molecule has 2 heterocycles. The number of benzene rings is 1. The van der Waals surface area contributed by atoms with Crippen molar-refractivity contribution in [1.82, 2.24) is 9.62 Å². The third kappa shape index (κ3) is 2.87. The molecule has 0 aromatic heterocycles. The van der Waals surface area contributed by atoms with Crippen LogP contribution in [0.15, 0.2) is 17.0 Å². The Balaban J connectivity index is 2.06. The quantitative estimate of drug-likeness (QED) is 0.804. The zero-order valence-corrected chi connectivity index (χ0v) is 13.8. The summed E-state index contributed by atoms with van der Waals surface area (Å²) in [7, 11) is -2.33. The lowest BCUT2D eigenvalue weighted by molar-refractivity contribution is -0.118.